The monoisotopic (exact) mass is 349 g/mol. The number of rotatable bonds is 7. The lowest BCUT2D eigenvalue weighted by Crippen LogP contribution is -2.37. The van der Waals surface area contributed by atoms with Gasteiger partial charge in [-0.05, 0) is 25.0 Å². The molecule has 0 bridgehead atoms. The Hall–Kier alpha value is -3.08. The zero-order valence-corrected chi connectivity index (χ0v) is 14.8. The van der Waals surface area contributed by atoms with Gasteiger partial charge in [-0.1, -0.05) is 48.0 Å². The van der Waals surface area contributed by atoms with Crippen LogP contribution in [0, 0.1) is 6.92 Å². The molecule has 0 aliphatic rings. The molecule has 0 atom stereocenters. The SMILES string of the molecule is Cc1ccc(C(=O)CCNC(=O)NCCc2c[nH]c3ccccc23)cc1. The van der Waals surface area contributed by atoms with Crippen molar-refractivity contribution in [3.8, 4) is 0 Å². The van der Waals surface area contributed by atoms with Gasteiger partial charge in [0.15, 0.2) is 5.78 Å². The van der Waals surface area contributed by atoms with Crippen LogP contribution in [0.15, 0.2) is 54.7 Å². The topological polar surface area (TPSA) is 74.0 Å². The largest absolute Gasteiger partial charge is 0.361 e. The van der Waals surface area contributed by atoms with Crippen LogP contribution in [0.25, 0.3) is 10.9 Å². The van der Waals surface area contributed by atoms with E-state index in [4.69, 9.17) is 0 Å². The first-order valence-corrected chi connectivity index (χ1v) is 8.80. The van der Waals surface area contributed by atoms with Gasteiger partial charge in [0.25, 0.3) is 0 Å². The number of aromatic nitrogens is 1. The normalized spacial score (nSPS) is 10.7. The summed E-state index contributed by atoms with van der Waals surface area (Å²) < 4.78 is 0. The third-order valence-electron chi connectivity index (χ3n) is 4.37. The summed E-state index contributed by atoms with van der Waals surface area (Å²) in [6.45, 7) is 2.85. The molecule has 26 heavy (non-hydrogen) atoms. The maximum Gasteiger partial charge on any atom is 0.314 e. The molecular weight excluding hydrogens is 326 g/mol. The number of aryl methyl sites for hydroxylation is 1. The number of aromatic amines is 1. The van der Waals surface area contributed by atoms with Crippen molar-refractivity contribution in [2.24, 2.45) is 0 Å². The molecular formula is C21H23N3O2. The Labute approximate surface area is 152 Å². The standard InChI is InChI=1S/C21H23N3O2/c1-15-6-8-16(9-7-15)20(25)11-13-23-21(26)22-12-10-17-14-24-19-5-3-2-4-18(17)19/h2-9,14,24H,10-13H2,1H3,(H2,22,23,26). The van der Waals surface area contributed by atoms with E-state index in [-0.39, 0.29) is 11.8 Å². The number of carbonyl (C=O) groups is 2. The summed E-state index contributed by atoms with van der Waals surface area (Å²) in [7, 11) is 0. The van der Waals surface area contributed by atoms with Crippen molar-refractivity contribution < 1.29 is 9.59 Å². The molecule has 0 aliphatic carbocycles. The minimum absolute atomic E-state index is 0.0316. The van der Waals surface area contributed by atoms with E-state index in [2.05, 4.69) is 21.7 Å². The number of benzene rings is 2. The molecule has 2 amide bonds. The van der Waals surface area contributed by atoms with Gasteiger partial charge in [-0.2, -0.15) is 0 Å². The molecule has 3 aromatic rings. The van der Waals surface area contributed by atoms with E-state index in [0.717, 1.165) is 17.5 Å². The molecule has 0 unspecified atom stereocenters. The van der Waals surface area contributed by atoms with E-state index < -0.39 is 0 Å². The highest BCUT2D eigenvalue weighted by atomic mass is 16.2. The maximum atomic E-state index is 12.1. The van der Waals surface area contributed by atoms with E-state index in [0.29, 0.717) is 25.1 Å². The smallest absolute Gasteiger partial charge is 0.314 e. The lowest BCUT2D eigenvalue weighted by molar-refractivity contribution is 0.0983. The van der Waals surface area contributed by atoms with Crippen LogP contribution in [0.4, 0.5) is 4.79 Å². The van der Waals surface area contributed by atoms with Crippen molar-refractivity contribution in [2.75, 3.05) is 13.1 Å². The molecule has 2 aromatic carbocycles. The molecule has 5 nitrogen and oxygen atoms in total. The van der Waals surface area contributed by atoms with Gasteiger partial charge in [-0.15, -0.1) is 0 Å². The van der Waals surface area contributed by atoms with Crippen LogP contribution in [0.5, 0.6) is 0 Å². The first-order valence-electron chi connectivity index (χ1n) is 8.80. The Morgan fingerprint density at radius 2 is 1.69 bits per heavy atom. The molecule has 0 spiro atoms. The van der Waals surface area contributed by atoms with Gasteiger partial charge < -0.3 is 15.6 Å². The highest BCUT2D eigenvalue weighted by Crippen LogP contribution is 2.17. The first-order chi connectivity index (χ1) is 12.6. The van der Waals surface area contributed by atoms with Crippen molar-refractivity contribution >= 4 is 22.7 Å². The van der Waals surface area contributed by atoms with Crippen LogP contribution < -0.4 is 10.6 Å². The van der Waals surface area contributed by atoms with Crippen molar-refractivity contribution in [3.63, 3.8) is 0 Å². The number of ketones is 1. The van der Waals surface area contributed by atoms with Crippen LogP contribution >= 0.6 is 0 Å². The Morgan fingerprint density at radius 1 is 0.962 bits per heavy atom. The number of amides is 2. The third-order valence-corrected chi connectivity index (χ3v) is 4.37. The minimum atomic E-state index is -0.249. The molecule has 0 saturated carbocycles. The molecule has 0 saturated heterocycles. The van der Waals surface area contributed by atoms with E-state index in [1.165, 1.54) is 10.9 Å². The van der Waals surface area contributed by atoms with Crippen molar-refractivity contribution in [1.29, 1.82) is 0 Å². The zero-order valence-electron chi connectivity index (χ0n) is 14.8. The number of urea groups is 1. The van der Waals surface area contributed by atoms with E-state index >= 15 is 0 Å². The zero-order chi connectivity index (χ0) is 18.4. The Kier molecular flexibility index (Phi) is 5.69. The fourth-order valence-corrected chi connectivity index (χ4v) is 2.89. The molecule has 3 N–H and O–H groups in total. The Bertz CT molecular complexity index is 897. The van der Waals surface area contributed by atoms with Crippen LogP contribution in [0.3, 0.4) is 0 Å². The van der Waals surface area contributed by atoms with Crippen molar-refractivity contribution in [1.82, 2.24) is 15.6 Å². The summed E-state index contributed by atoms with van der Waals surface area (Å²) in [6.07, 6.45) is 3.02. The van der Waals surface area contributed by atoms with E-state index in [9.17, 15) is 9.59 Å². The molecule has 134 valence electrons. The number of fused-ring (bicyclic) bond motifs is 1. The molecule has 0 fully saturated rings. The van der Waals surface area contributed by atoms with Crippen LogP contribution in [-0.4, -0.2) is 29.9 Å². The second-order valence-electron chi connectivity index (χ2n) is 6.33. The summed E-state index contributed by atoms with van der Waals surface area (Å²) in [6, 6.07) is 15.3. The second-order valence-corrected chi connectivity index (χ2v) is 6.33. The summed E-state index contributed by atoms with van der Waals surface area (Å²) in [5.74, 6) is 0.0316. The first kappa shape index (κ1) is 17.7. The molecule has 5 heteroatoms. The van der Waals surface area contributed by atoms with Crippen molar-refractivity contribution in [3.05, 3.63) is 71.4 Å². The Morgan fingerprint density at radius 3 is 2.50 bits per heavy atom. The number of hydrogen-bond acceptors (Lipinski definition) is 2. The summed E-state index contributed by atoms with van der Waals surface area (Å²) >= 11 is 0. The quantitative estimate of drug-likeness (QED) is 0.570. The predicted octanol–water partition coefficient (Wildman–Crippen LogP) is 3.59. The van der Waals surface area contributed by atoms with Gasteiger partial charge in [0.05, 0.1) is 0 Å². The number of hydrogen-bond donors (Lipinski definition) is 3. The fourth-order valence-electron chi connectivity index (χ4n) is 2.89. The lowest BCUT2D eigenvalue weighted by atomic mass is 10.1. The predicted molar refractivity (Wildman–Crippen MR) is 104 cm³/mol. The average molecular weight is 349 g/mol. The highest BCUT2D eigenvalue weighted by molar-refractivity contribution is 5.96. The molecule has 1 heterocycles. The second kappa shape index (κ2) is 8.34. The van der Waals surface area contributed by atoms with Crippen LogP contribution in [0.1, 0.15) is 27.9 Å². The maximum absolute atomic E-state index is 12.1. The van der Waals surface area contributed by atoms with Crippen LogP contribution in [-0.2, 0) is 6.42 Å². The summed E-state index contributed by atoms with van der Waals surface area (Å²) in [5.41, 5.74) is 4.07. The molecule has 1 aromatic heterocycles. The average Bonchev–Trinajstić information content (AvgIpc) is 3.05. The highest BCUT2D eigenvalue weighted by Gasteiger charge is 2.07. The Balaban J connectivity index is 1.38. The van der Waals surface area contributed by atoms with Gasteiger partial charge in [-0.3, -0.25) is 4.79 Å². The fraction of sp³-hybridized carbons (Fsp3) is 0.238. The minimum Gasteiger partial charge on any atom is -0.361 e. The summed E-state index contributed by atoms with van der Waals surface area (Å²) in [5, 5.41) is 6.74. The number of carbonyl (C=O) groups excluding carboxylic acids is 2. The van der Waals surface area contributed by atoms with E-state index in [1.54, 1.807) is 0 Å². The van der Waals surface area contributed by atoms with Gasteiger partial charge in [0.1, 0.15) is 0 Å². The van der Waals surface area contributed by atoms with Gasteiger partial charge >= 0.3 is 6.03 Å². The number of Topliss-reactive ketones (excluding diaryl/α,β-unsaturated/α-hetero) is 1. The van der Waals surface area contributed by atoms with Crippen LogP contribution in [0.2, 0.25) is 0 Å². The number of para-hydroxylation sites is 1. The van der Waals surface area contributed by atoms with E-state index in [1.807, 2.05) is 55.6 Å². The molecule has 0 radical (unpaired) electrons. The summed E-state index contributed by atoms with van der Waals surface area (Å²) in [4.78, 5) is 27.1. The molecule has 0 aliphatic heterocycles. The third kappa shape index (κ3) is 4.51. The van der Waals surface area contributed by atoms with Gasteiger partial charge in [-0.25, -0.2) is 4.79 Å². The molecule has 3 rings (SSSR count). The van der Waals surface area contributed by atoms with Crippen molar-refractivity contribution in [2.45, 2.75) is 19.8 Å². The number of nitrogens with one attached hydrogen (secondary N) is 3. The van der Waals surface area contributed by atoms with Gasteiger partial charge in [0.2, 0.25) is 0 Å². The van der Waals surface area contributed by atoms with Gasteiger partial charge in [0, 0.05) is 42.2 Å². The number of H-pyrrole nitrogens is 1. The lowest BCUT2D eigenvalue weighted by Gasteiger charge is -2.07.